The van der Waals surface area contributed by atoms with E-state index in [9.17, 15) is 9.59 Å². The first-order valence-electron chi connectivity index (χ1n) is 11.8. The van der Waals surface area contributed by atoms with Crippen LogP contribution in [0, 0.1) is 0 Å². The molecule has 0 unspecified atom stereocenters. The summed E-state index contributed by atoms with van der Waals surface area (Å²) in [7, 11) is 0. The van der Waals surface area contributed by atoms with Crippen LogP contribution in [0.5, 0.6) is 11.5 Å². The quantitative estimate of drug-likeness (QED) is 0.128. The predicted molar refractivity (Wildman–Crippen MR) is 150 cm³/mol. The largest absolute Gasteiger partial charge is 0.423 e. The van der Waals surface area contributed by atoms with Crippen molar-refractivity contribution >= 4 is 46.8 Å². The Labute approximate surface area is 225 Å². The molecule has 10 heteroatoms. The Kier molecular flexibility index (Phi) is 8.27. The topological polar surface area (TPSA) is 127 Å². The van der Waals surface area contributed by atoms with Crippen molar-refractivity contribution in [3.05, 3.63) is 103 Å². The minimum atomic E-state index is -0.524. The highest BCUT2D eigenvalue weighted by Gasteiger charge is 2.11. The number of ether oxygens (including phenoxy) is 2. The van der Waals surface area contributed by atoms with Crippen LogP contribution in [0.15, 0.2) is 103 Å². The number of esters is 2. The van der Waals surface area contributed by atoms with Crippen LogP contribution >= 0.6 is 0 Å². The van der Waals surface area contributed by atoms with Crippen molar-refractivity contribution < 1.29 is 19.1 Å². The maximum atomic E-state index is 11.9. The van der Waals surface area contributed by atoms with Gasteiger partial charge in [-0.05, 0) is 50.2 Å². The van der Waals surface area contributed by atoms with Gasteiger partial charge in [-0.1, -0.05) is 43.5 Å². The summed E-state index contributed by atoms with van der Waals surface area (Å²) in [6.45, 7) is 10.3. The Morgan fingerprint density at radius 2 is 0.974 bits per heavy atom. The lowest BCUT2D eigenvalue weighted by Gasteiger charge is -2.13. The molecule has 1 heterocycles. The first-order valence-corrected chi connectivity index (χ1v) is 11.8. The van der Waals surface area contributed by atoms with Gasteiger partial charge in [0.05, 0.1) is 0 Å². The van der Waals surface area contributed by atoms with E-state index in [0.717, 1.165) is 5.69 Å². The maximum absolute atomic E-state index is 11.9. The zero-order chi connectivity index (χ0) is 27.8. The van der Waals surface area contributed by atoms with Crippen molar-refractivity contribution in [2.24, 2.45) is 0 Å². The SMILES string of the molecule is C=C(C)C(=O)Oc1cccc(Nc2nc(Nc3ccccc3)nc(Nc3cccc(OC(=O)C(=C)C)c3)n2)c1. The lowest BCUT2D eigenvalue weighted by atomic mass is 10.3. The van der Waals surface area contributed by atoms with Gasteiger partial charge < -0.3 is 25.4 Å². The van der Waals surface area contributed by atoms with Crippen molar-refractivity contribution in [1.82, 2.24) is 15.0 Å². The lowest BCUT2D eigenvalue weighted by molar-refractivity contribution is -0.130. The maximum Gasteiger partial charge on any atom is 0.338 e. The van der Waals surface area contributed by atoms with Crippen LogP contribution in [0.1, 0.15) is 13.8 Å². The summed E-state index contributed by atoms with van der Waals surface area (Å²) < 4.78 is 10.6. The Morgan fingerprint density at radius 3 is 1.38 bits per heavy atom. The highest BCUT2D eigenvalue weighted by Crippen LogP contribution is 2.25. The van der Waals surface area contributed by atoms with E-state index < -0.39 is 11.9 Å². The fourth-order valence-corrected chi connectivity index (χ4v) is 3.12. The number of para-hydroxylation sites is 1. The van der Waals surface area contributed by atoms with Crippen molar-refractivity contribution in [3.63, 3.8) is 0 Å². The van der Waals surface area contributed by atoms with Crippen molar-refractivity contribution in [1.29, 1.82) is 0 Å². The van der Waals surface area contributed by atoms with E-state index in [1.165, 1.54) is 0 Å². The van der Waals surface area contributed by atoms with Gasteiger partial charge in [-0.2, -0.15) is 15.0 Å². The molecule has 0 aliphatic rings. The molecular formula is C29H26N6O4. The zero-order valence-corrected chi connectivity index (χ0v) is 21.4. The van der Waals surface area contributed by atoms with Gasteiger partial charge >= 0.3 is 11.9 Å². The summed E-state index contributed by atoms with van der Waals surface area (Å²) in [5.41, 5.74) is 2.52. The van der Waals surface area contributed by atoms with Gasteiger partial charge in [-0.25, -0.2) is 9.59 Å². The second kappa shape index (κ2) is 12.2. The van der Waals surface area contributed by atoms with Crippen molar-refractivity contribution in [2.45, 2.75) is 13.8 Å². The third kappa shape index (κ3) is 7.73. The molecule has 3 N–H and O–H groups in total. The van der Waals surface area contributed by atoms with Gasteiger partial charge in [-0.3, -0.25) is 0 Å². The standard InChI is InChI=1S/C29H26N6O4/c1-18(2)25(36)38-23-14-8-12-21(16-23)31-28-33-27(30-20-10-6-5-7-11-20)34-29(35-28)32-22-13-9-15-24(17-22)39-26(37)19(3)4/h5-17H,1,3H2,2,4H3,(H3,30,31,32,33,34,35). The molecule has 0 amide bonds. The Hall–Kier alpha value is -5.51. The van der Waals surface area contributed by atoms with E-state index in [1.807, 2.05) is 30.3 Å². The lowest BCUT2D eigenvalue weighted by Crippen LogP contribution is -2.09. The minimum absolute atomic E-state index is 0.221. The fraction of sp³-hybridized carbons (Fsp3) is 0.0690. The van der Waals surface area contributed by atoms with E-state index in [1.54, 1.807) is 62.4 Å². The molecule has 0 aliphatic heterocycles. The van der Waals surface area contributed by atoms with Crippen LogP contribution in [0.3, 0.4) is 0 Å². The van der Waals surface area contributed by atoms with E-state index in [-0.39, 0.29) is 29.0 Å². The molecule has 196 valence electrons. The van der Waals surface area contributed by atoms with Gasteiger partial charge in [0.25, 0.3) is 0 Å². The molecule has 0 spiro atoms. The number of benzene rings is 3. The van der Waals surface area contributed by atoms with E-state index in [4.69, 9.17) is 9.47 Å². The van der Waals surface area contributed by atoms with Crippen LogP contribution < -0.4 is 25.4 Å². The average molecular weight is 523 g/mol. The number of nitrogens with zero attached hydrogens (tertiary/aromatic N) is 3. The summed E-state index contributed by atoms with van der Waals surface area (Å²) >= 11 is 0. The summed E-state index contributed by atoms with van der Waals surface area (Å²) in [5, 5.41) is 9.38. The first-order chi connectivity index (χ1) is 18.7. The van der Waals surface area contributed by atoms with Crippen LogP contribution in [0.4, 0.5) is 34.9 Å². The predicted octanol–water partition coefficient (Wildman–Crippen LogP) is 6.07. The summed E-state index contributed by atoms with van der Waals surface area (Å²) in [6.07, 6.45) is 0. The van der Waals surface area contributed by atoms with Crippen LogP contribution in [0.2, 0.25) is 0 Å². The molecule has 0 saturated heterocycles. The second-order valence-corrected chi connectivity index (χ2v) is 8.44. The molecule has 4 rings (SSSR count). The molecule has 0 saturated carbocycles. The summed E-state index contributed by atoms with van der Waals surface area (Å²) in [5.74, 6) is 0.344. The Balaban J connectivity index is 1.61. The third-order valence-electron chi connectivity index (χ3n) is 4.96. The summed E-state index contributed by atoms with van der Waals surface area (Å²) in [6, 6.07) is 23.0. The Morgan fingerprint density at radius 1 is 0.590 bits per heavy atom. The highest BCUT2D eigenvalue weighted by atomic mass is 16.5. The number of aromatic nitrogens is 3. The van der Waals surface area contributed by atoms with Crippen molar-refractivity contribution in [3.8, 4) is 11.5 Å². The molecule has 0 bridgehead atoms. The number of rotatable bonds is 10. The molecule has 0 radical (unpaired) electrons. The van der Waals surface area contributed by atoms with Gasteiger partial charge in [0, 0.05) is 40.3 Å². The van der Waals surface area contributed by atoms with E-state index in [0.29, 0.717) is 22.9 Å². The average Bonchev–Trinajstić information content (AvgIpc) is 2.89. The number of anilines is 6. The fourth-order valence-electron chi connectivity index (χ4n) is 3.12. The zero-order valence-electron chi connectivity index (χ0n) is 21.4. The van der Waals surface area contributed by atoms with E-state index in [2.05, 4.69) is 44.1 Å². The summed E-state index contributed by atoms with van der Waals surface area (Å²) in [4.78, 5) is 37.2. The molecule has 0 fully saturated rings. The molecule has 3 aromatic carbocycles. The smallest absolute Gasteiger partial charge is 0.338 e. The third-order valence-corrected chi connectivity index (χ3v) is 4.96. The monoisotopic (exact) mass is 522 g/mol. The highest BCUT2D eigenvalue weighted by molar-refractivity contribution is 5.89. The van der Waals surface area contributed by atoms with E-state index >= 15 is 0 Å². The number of hydrogen-bond donors (Lipinski definition) is 3. The number of hydrogen-bond acceptors (Lipinski definition) is 10. The van der Waals surface area contributed by atoms with Crippen LogP contribution in [-0.2, 0) is 9.59 Å². The molecular weight excluding hydrogens is 496 g/mol. The van der Waals surface area contributed by atoms with Gasteiger partial charge in [0.15, 0.2) is 0 Å². The second-order valence-electron chi connectivity index (χ2n) is 8.44. The number of nitrogens with one attached hydrogen (secondary N) is 3. The molecule has 0 aliphatic carbocycles. The molecule has 39 heavy (non-hydrogen) atoms. The van der Waals surface area contributed by atoms with Gasteiger partial charge in [0.1, 0.15) is 11.5 Å². The van der Waals surface area contributed by atoms with Gasteiger partial charge in [0.2, 0.25) is 17.8 Å². The first kappa shape index (κ1) is 26.6. The molecule has 10 nitrogen and oxygen atoms in total. The minimum Gasteiger partial charge on any atom is -0.423 e. The molecule has 4 aromatic rings. The molecule has 0 atom stereocenters. The number of carbonyl (C=O) groups excluding carboxylic acids is 2. The van der Waals surface area contributed by atoms with Gasteiger partial charge in [-0.15, -0.1) is 0 Å². The molecule has 1 aromatic heterocycles. The number of carbonyl (C=O) groups is 2. The Bertz CT molecular complexity index is 1450. The normalized spacial score (nSPS) is 10.2. The van der Waals surface area contributed by atoms with Crippen LogP contribution in [-0.4, -0.2) is 26.9 Å². The van der Waals surface area contributed by atoms with Crippen LogP contribution in [0.25, 0.3) is 0 Å². The van der Waals surface area contributed by atoms with Crippen molar-refractivity contribution in [2.75, 3.05) is 16.0 Å².